The number of nitrogen functional groups attached to an aromatic ring is 1. The van der Waals surface area contributed by atoms with Gasteiger partial charge in [-0.15, -0.1) is 0 Å². The minimum absolute atomic E-state index is 0.264. The first-order valence-electron chi connectivity index (χ1n) is 7.19. The van der Waals surface area contributed by atoms with Crippen LogP contribution in [-0.2, 0) is 6.54 Å². The predicted octanol–water partition coefficient (Wildman–Crippen LogP) is 2.82. The van der Waals surface area contributed by atoms with Crippen LogP contribution in [0.2, 0.25) is 0 Å². The number of benzene rings is 1. The highest BCUT2D eigenvalue weighted by Gasteiger charge is 2.22. The van der Waals surface area contributed by atoms with Crippen molar-refractivity contribution < 1.29 is 4.79 Å². The number of hydrazine groups is 1. The Morgan fingerprint density at radius 2 is 2.15 bits per heavy atom. The Morgan fingerprint density at radius 1 is 1.45 bits per heavy atom. The maximum absolute atomic E-state index is 11.5. The Kier molecular flexibility index (Phi) is 5.57. The van der Waals surface area contributed by atoms with Crippen molar-refractivity contribution in [3.63, 3.8) is 0 Å². The molecule has 2 rings (SSSR count). The summed E-state index contributed by atoms with van der Waals surface area (Å²) in [5, 5.41) is 0. The predicted molar refractivity (Wildman–Crippen MR) is 84.1 cm³/mol. The third kappa shape index (κ3) is 3.59. The maximum Gasteiger partial charge on any atom is 0.265 e. The largest absolute Gasteiger partial charge is 0.296 e. The lowest BCUT2D eigenvalue weighted by Crippen LogP contribution is -2.32. The van der Waals surface area contributed by atoms with Crippen LogP contribution in [0.5, 0.6) is 0 Å². The monoisotopic (exact) mass is 339 g/mol. The van der Waals surface area contributed by atoms with Crippen LogP contribution in [0.25, 0.3) is 0 Å². The molecule has 0 heterocycles. The molecule has 0 atom stereocenters. The van der Waals surface area contributed by atoms with Gasteiger partial charge >= 0.3 is 0 Å². The molecule has 1 aliphatic carbocycles. The van der Waals surface area contributed by atoms with Gasteiger partial charge in [-0.3, -0.25) is 15.1 Å². The molecule has 0 saturated heterocycles. The summed E-state index contributed by atoms with van der Waals surface area (Å²) in [6.45, 7) is 4.19. The molecular formula is C15H22BrN3O. The number of nitrogens with zero attached hydrogens (tertiary/aromatic N) is 1. The third-order valence-corrected chi connectivity index (χ3v) is 4.81. The summed E-state index contributed by atoms with van der Waals surface area (Å²) in [6.07, 6.45) is 5.30. The summed E-state index contributed by atoms with van der Waals surface area (Å²) in [6, 6.07) is 6.37. The average Bonchev–Trinajstić information content (AvgIpc) is 2.99. The molecule has 0 aliphatic heterocycles. The zero-order valence-corrected chi connectivity index (χ0v) is 13.4. The standard InChI is InChI=1S/C15H22BrN3O/c1-2-19(13-5-3-4-6-13)10-12-8-7-11(9-14(12)16)15(20)18-17/h7-9,13H,2-6,10,17H2,1H3,(H,18,20). The van der Waals surface area contributed by atoms with Crippen LogP contribution in [0.1, 0.15) is 48.5 Å². The molecule has 5 heteroatoms. The first kappa shape index (κ1) is 15.5. The van der Waals surface area contributed by atoms with Crippen molar-refractivity contribution in [2.45, 2.75) is 45.2 Å². The SMILES string of the molecule is CCN(Cc1ccc(C(=O)NN)cc1Br)C1CCCC1. The molecule has 1 fully saturated rings. The van der Waals surface area contributed by atoms with E-state index in [2.05, 4.69) is 33.2 Å². The molecule has 0 unspecified atom stereocenters. The van der Waals surface area contributed by atoms with Gasteiger partial charge in [-0.25, -0.2) is 5.84 Å². The molecule has 4 nitrogen and oxygen atoms in total. The van der Waals surface area contributed by atoms with Crippen LogP contribution in [0.3, 0.4) is 0 Å². The molecule has 1 aromatic carbocycles. The minimum Gasteiger partial charge on any atom is -0.296 e. The topological polar surface area (TPSA) is 58.4 Å². The Balaban J connectivity index is 2.10. The van der Waals surface area contributed by atoms with E-state index in [1.807, 2.05) is 18.2 Å². The van der Waals surface area contributed by atoms with Crippen LogP contribution >= 0.6 is 15.9 Å². The Hall–Kier alpha value is -0.910. The molecule has 110 valence electrons. The van der Waals surface area contributed by atoms with E-state index in [0.29, 0.717) is 11.6 Å². The number of hydrogen-bond acceptors (Lipinski definition) is 3. The molecule has 20 heavy (non-hydrogen) atoms. The Bertz CT molecular complexity index is 472. The summed E-state index contributed by atoms with van der Waals surface area (Å²) in [5.41, 5.74) is 3.95. The second-order valence-electron chi connectivity index (χ2n) is 5.28. The van der Waals surface area contributed by atoms with Crippen LogP contribution in [0.15, 0.2) is 22.7 Å². The van der Waals surface area contributed by atoms with Gasteiger partial charge in [0.25, 0.3) is 5.91 Å². The number of carbonyl (C=O) groups excluding carboxylic acids is 1. The maximum atomic E-state index is 11.5. The van der Waals surface area contributed by atoms with E-state index < -0.39 is 0 Å². The van der Waals surface area contributed by atoms with Crippen LogP contribution < -0.4 is 11.3 Å². The van der Waals surface area contributed by atoms with Crippen molar-refractivity contribution in [1.29, 1.82) is 0 Å². The zero-order chi connectivity index (χ0) is 14.5. The van der Waals surface area contributed by atoms with Gasteiger partial charge in [-0.2, -0.15) is 0 Å². The second-order valence-corrected chi connectivity index (χ2v) is 6.14. The first-order chi connectivity index (χ1) is 9.65. The minimum atomic E-state index is -0.264. The summed E-state index contributed by atoms with van der Waals surface area (Å²) in [5.74, 6) is 4.89. The Labute approximate surface area is 128 Å². The molecule has 0 aromatic heterocycles. The van der Waals surface area contributed by atoms with Crippen molar-refractivity contribution in [3.8, 4) is 0 Å². The van der Waals surface area contributed by atoms with Crippen LogP contribution in [0.4, 0.5) is 0 Å². The lowest BCUT2D eigenvalue weighted by atomic mass is 10.1. The number of hydrogen-bond donors (Lipinski definition) is 2. The smallest absolute Gasteiger partial charge is 0.265 e. The van der Waals surface area contributed by atoms with E-state index in [-0.39, 0.29) is 5.91 Å². The highest BCUT2D eigenvalue weighted by molar-refractivity contribution is 9.10. The normalized spacial score (nSPS) is 15.8. The summed E-state index contributed by atoms with van der Waals surface area (Å²) < 4.78 is 0.968. The fraction of sp³-hybridized carbons (Fsp3) is 0.533. The second kappa shape index (κ2) is 7.20. The van der Waals surface area contributed by atoms with Crippen molar-refractivity contribution in [2.24, 2.45) is 5.84 Å². The van der Waals surface area contributed by atoms with E-state index in [9.17, 15) is 4.79 Å². The zero-order valence-electron chi connectivity index (χ0n) is 11.9. The fourth-order valence-electron chi connectivity index (χ4n) is 2.89. The summed E-state index contributed by atoms with van der Waals surface area (Å²) >= 11 is 3.56. The summed E-state index contributed by atoms with van der Waals surface area (Å²) in [7, 11) is 0. The molecule has 3 N–H and O–H groups in total. The van der Waals surface area contributed by atoms with Gasteiger partial charge in [0.15, 0.2) is 0 Å². The van der Waals surface area contributed by atoms with E-state index in [1.54, 1.807) is 0 Å². The Morgan fingerprint density at radius 3 is 2.70 bits per heavy atom. The van der Waals surface area contributed by atoms with Crippen molar-refractivity contribution in [1.82, 2.24) is 10.3 Å². The molecular weight excluding hydrogens is 318 g/mol. The van der Waals surface area contributed by atoms with E-state index in [4.69, 9.17) is 5.84 Å². The number of rotatable bonds is 5. The molecule has 0 spiro atoms. The third-order valence-electron chi connectivity index (χ3n) is 4.07. The summed E-state index contributed by atoms with van der Waals surface area (Å²) in [4.78, 5) is 14.0. The molecule has 1 saturated carbocycles. The number of nitrogens with two attached hydrogens (primary N) is 1. The first-order valence-corrected chi connectivity index (χ1v) is 7.98. The number of carbonyl (C=O) groups is 1. The molecule has 1 aliphatic rings. The number of nitrogens with one attached hydrogen (secondary N) is 1. The lowest BCUT2D eigenvalue weighted by molar-refractivity contribution is 0.0953. The van der Waals surface area contributed by atoms with Gasteiger partial charge in [0.2, 0.25) is 0 Å². The van der Waals surface area contributed by atoms with Gasteiger partial charge in [-0.1, -0.05) is 41.8 Å². The number of amides is 1. The van der Waals surface area contributed by atoms with Gasteiger partial charge < -0.3 is 0 Å². The lowest BCUT2D eigenvalue weighted by Gasteiger charge is -2.27. The van der Waals surface area contributed by atoms with Crippen LogP contribution in [0, 0.1) is 0 Å². The quantitative estimate of drug-likeness (QED) is 0.492. The van der Waals surface area contributed by atoms with Crippen LogP contribution in [-0.4, -0.2) is 23.4 Å². The van der Waals surface area contributed by atoms with Gasteiger partial charge in [-0.05, 0) is 37.1 Å². The molecule has 0 bridgehead atoms. The van der Waals surface area contributed by atoms with Gasteiger partial charge in [0.1, 0.15) is 0 Å². The van der Waals surface area contributed by atoms with Crippen molar-refractivity contribution >= 4 is 21.8 Å². The average molecular weight is 340 g/mol. The highest BCUT2D eigenvalue weighted by atomic mass is 79.9. The van der Waals surface area contributed by atoms with Crippen molar-refractivity contribution in [2.75, 3.05) is 6.54 Å². The highest BCUT2D eigenvalue weighted by Crippen LogP contribution is 2.27. The van der Waals surface area contributed by atoms with Gasteiger partial charge in [0.05, 0.1) is 0 Å². The molecule has 1 amide bonds. The number of halogens is 1. The molecule has 0 radical (unpaired) electrons. The van der Waals surface area contributed by atoms with E-state index in [1.165, 1.54) is 31.2 Å². The van der Waals surface area contributed by atoms with E-state index >= 15 is 0 Å². The fourth-order valence-corrected chi connectivity index (χ4v) is 3.39. The molecule has 1 aromatic rings. The van der Waals surface area contributed by atoms with Gasteiger partial charge in [0, 0.05) is 22.6 Å². The van der Waals surface area contributed by atoms with E-state index in [0.717, 1.165) is 17.6 Å². The van der Waals surface area contributed by atoms with Crippen molar-refractivity contribution in [3.05, 3.63) is 33.8 Å².